The Kier molecular flexibility index (Phi) is 5.85. The van der Waals surface area contributed by atoms with Crippen molar-refractivity contribution in [2.24, 2.45) is 0 Å². The Hall–Kier alpha value is -4.23. The normalized spacial score (nSPS) is 16.3. The van der Waals surface area contributed by atoms with Crippen LogP contribution in [0.5, 0.6) is 11.5 Å². The molecule has 0 spiro atoms. The van der Waals surface area contributed by atoms with E-state index in [1.165, 1.54) is 30.2 Å². The first-order valence-electron chi connectivity index (χ1n) is 11.9. The van der Waals surface area contributed by atoms with E-state index in [0.717, 1.165) is 23.2 Å². The van der Waals surface area contributed by atoms with Crippen molar-refractivity contribution < 1.29 is 23.8 Å². The minimum atomic E-state index is -0.470. The Morgan fingerprint density at radius 1 is 1.08 bits per heavy atom. The van der Waals surface area contributed by atoms with Gasteiger partial charge in [-0.25, -0.2) is 4.79 Å². The fourth-order valence-electron chi connectivity index (χ4n) is 5.07. The van der Waals surface area contributed by atoms with E-state index in [0.29, 0.717) is 34.2 Å². The predicted octanol–water partition coefficient (Wildman–Crippen LogP) is 5.52. The third-order valence-corrected chi connectivity index (χ3v) is 7.18. The van der Waals surface area contributed by atoms with Gasteiger partial charge in [0, 0.05) is 34.2 Å². The lowest BCUT2D eigenvalue weighted by Gasteiger charge is -2.35. The molecule has 1 aromatic heterocycles. The summed E-state index contributed by atoms with van der Waals surface area (Å²) >= 11 is 6.38. The average molecular weight is 515 g/mol. The quantitative estimate of drug-likeness (QED) is 0.286. The predicted molar refractivity (Wildman–Crippen MR) is 140 cm³/mol. The topological polar surface area (TPSA) is 80.9 Å². The number of benzene rings is 3. The van der Waals surface area contributed by atoms with E-state index in [2.05, 4.69) is 17.1 Å². The fourth-order valence-corrected chi connectivity index (χ4v) is 5.32. The highest BCUT2D eigenvalue weighted by Crippen LogP contribution is 2.42. The molecular weight excluding hydrogens is 492 g/mol. The van der Waals surface area contributed by atoms with Crippen LogP contribution >= 0.6 is 11.6 Å². The fraction of sp³-hybridized carbons (Fsp3) is 0.172. The van der Waals surface area contributed by atoms with E-state index < -0.39 is 5.97 Å². The standard InChI is InChI=1S/C29H23ClN2O5/c1-35-29(34)19-7-6-17(22(30)14-19)9-11-26(33)32-13-12-21-20-4-2-3-5-23(20)31-27(21)28(32)18-8-10-24-25(15-18)37-16-36-24/h2-11,14-15,28,31H,12-13,16H2,1H3/b11-9+. The van der Waals surface area contributed by atoms with Crippen molar-refractivity contribution in [3.05, 3.63) is 99.7 Å². The molecule has 2 aliphatic rings. The molecule has 7 nitrogen and oxygen atoms in total. The summed E-state index contributed by atoms with van der Waals surface area (Å²) in [5.41, 5.74) is 5.16. The third kappa shape index (κ3) is 4.11. The second-order valence-electron chi connectivity index (χ2n) is 8.92. The zero-order valence-corrected chi connectivity index (χ0v) is 20.7. The van der Waals surface area contributed by atoms with Crippen molar-refractivity contribution >= 4 is 40.5 Å². The number of amides is 1. The summed E-state index contributed by atoms with van der Waals surface area (Å²) in [6.45, 7) is 0.730. The summed E-state index contributed by atoms with van der Waals surface area (Å²) in [5.74, 6) is 0.739. The lowest BCUT2D eigenvalue weighted by atomic mass is 9.92. The van der Waals surface area contributed by atoms with Crippen molar-refractivity contribution in [1.82, 2.24) is 9.88 Å². The highest BCUT2D eigenvalue weighted by Gasteiger charge is 2.34. The summed E-state index contributed by atoms with van der Waals surface area (Å²) in [4.78, 5) is 30.8. The van der Waals surface area contributed by atoms with Crippen molar-refractivity contribution in [3.63, 3.8) is 0 Å². The number of esters is 1. The molecule has 1 atom stereocenters. The van der Waals surface area contributed by atoms with Gasteiger partial charge in [0.25, 0.3) is 0 Å². The molecule has 0 radical (unpaired) electrons. The Labute approximate surface area is 218 Å². The summed E-state index contributed by atoms with van der Waals surface area (Å²) < 4.78 is 15.9. The van der Waals surface area contributed by atoms with E-state index >= 15 is 0 Å². The molecule has 37 heavy (non-hydrogen) atoms. The van der Waals surface area contributed by atoms with Crippen LogP contribution < -0.4 is 9.47 Å². The van der Waals surface area contributed by atoms with Crippen LogP contribution in [0, 0.1) is 0 Å². The first kappa shape index (κ1) is 23.2. The van der Waals surface area contributed by atoms with Crippen LogP contribution in [0.3, 0.4) is 0 Å². The van der Waals surface area contributed by atoms with Crippen LogP contribution in [-0.4, -0.2) is 42.2 Å². The van der Waals surface area contributed by atoms with E-state index in [1.54, 1.807) is 18.2 Å². The van der Waals surface area contributed by atoms with Gasteiger partial charge in [-0.15, -0.1) is 0 Å². The number of aromatic amines is 1. The minimum absolute atomic E-state index is 0.153. The van der Waals surface area contributed by atoms with Crippen molar-refractivity contribution in [3.8, 4) is 11.5 Å². The van der Waals surface area contributed by atoms with Crippen LogP contribution in [0.2, 0.25) is 5.02 Å². The molecule has 0 fully saturated rings. The van der Waals surface area contributed by atoms with Gasteiger partial charge in [0.1, 0.15) is 0 Å². The monoisotopic (exact) mass is 514 g/mol. The second kappa shape index (κ2) is 9.33. The number of carbonyl (C=O) groups is 2. The number of para-hydroxylation sites is 1. The van der Waals surface area contributed by atoms with Crippen molar-refractivity contribution in [2.75, 3.05) is 20.4 Å². The summed E-state index contributed by atoms with van der Waals surface area (Å²) in [7, 11) is 1.32. The number of methoxy groups -OCH3 is 1. The molecule has 1 amide bonds. The average Bonchev–Trinajstić information content (AvgIpc) is 3.55. The van der Waals surface area contributed by atoms with Crippen LogP contribution in [0.25, 0.3) is 17.0 Å². The number of rotatable bonds is 4. The molecular formula is C29H23ClN2O5. The maximum Gasteiger partial charge on any atom is 0.337 e. The van der Waals surface area contributed by atoms with E-state index in [9.17, 15) is 9.59 Å². The maximum atomic E-state index is 13.6. The van der Waals surface area contributed by atoms with Gasteiger partial charge >= 0.3 is 5.97 Å². The number of H-pyrrole nitrogens is 1. The highest BCUT2D eigenvalue weighted by atomic mass is 35.5. The number of fused-ring (bicyclic) bond motifs is 4. The maximum absolute atomic E-state index is 13.6. The first-order valence-corrected chi connectivity index (χ1v) is 12.3. The Balaban J connectivity index is 1.37. The number of hydrogen-bond donors (Lipinski definition) is 1. The molecule has 1 N–H and O–H groups in total. The Bertz CT molecular complexity index is 1570. The first-order chi connectivity index (χ1) is 18.0. The molecule has 3 aromatic carbocycles. The lowest BCUT2D eigenvalue weighted by Crippen LogP contribution is -2.39. The molecule has 0 aliphatic carbocycles. The second-order valence-corrected chi connectivity index (χ2v) is 9.33. The highest BCUT2D eigenvalue weighted by molar-refractivity contribution is 6.32. The Morgan fingerprint density at radius 2 is 1.92 bits per heavy atom. The van der Waals surface area contributed by atoms with Crippen LogP contribution in [-0.2, 0) is 16.0 Å². The lowest BCUT2D eigenvalue weighted by molar-refractivity contribution is -0.128. The molecule has 0 saturated heterocycles. The summed E-state index contributed by atoms with van der Waals surface area (Å²) in [6, 6.07) is 18.5. The van der Waals surface area contributed by atoms with Crippen LogP contribution in [0.1, 0.15) is 38.8 Å². The van der Waals surface area contributed by atoms with Gasteiger partial charge in [-0.3, -0.25) is 4.79 Å². The molecule has 0 saturated carbocycles. The largest absolute Gasteiger partial charge is 0.465 e. The summed E-state index contributed by atoms with van der Waals surface area (Å²) in [5, 5.41) is 1.53. The molecule has 6 rings (SSSR count). The molecule has 8 heteroatoms. The number of nitrogens with one attached hydrogen (secondary N) is 1. The zero-order valence-electron chi connectivity index (χ0n) is 20.0. The SMILES string of the molecule is COC(=O)c1ccc(/C=C/C(=O)N2CCc3c([nH]c4ccccc34)C2c2ccc3c(c2)OCO3)c(Cl)c1. The van der Waals surface area contributed by atoms with Crippen LogP contribution in [0.4, 0.5) is 0 Å². The molecule has 4 aromatic rings. The number of ether oxygens (including phenoxy) is 3. The van der Waals surface area contributed by atoms with Gasteiger partial charge in [0.2, 0.25) is 12.7 Å². The van der Waals surface area contributed by atoms with Gasteiger partial charge in [-0.1, -0.05) is 41.9 Å². The molecule has 0 bridgehead atoms. The minimum Gasteiger partial charge on any atom is -0.465 e. The molecule has 2 aliphatic heterocycles. The number of halogens is 1. The smallest absolute Gasteiger partial charge is 0.337 e. The van der Waals surface area contributed by atoms with E-state index in [-0.39, 0.29) is 18.7 Å². The zero-order chi connectivity index (χ0) is 25.5. The van der Waals surface area contributed by atoms with Crippen molar-refractivity contribution in [1.29, 1.82) is 0 Å². The molecule has 3 heterocycles. The number of hydrogen-bond acceptors (Lipinski definition) is 5. The van der Waals surface area contributed by atoms with Crippen LogP contribution in [0.15, 0.2) is 66.7 Å². The van der Waals surface area contributed by atoms with Gasteiger partial charge in [0.05, 0.1) is 18.7 Å². The van der Waals surface area contributed by atoms with Gasteiger partial charge in [0.15, 0.2) is 11.5 Å². The molecule has 1 unspecified atom stereocenters. The van der Waals surface area contributed by atoms with E-state index in [4.69, 9.17) is 25.8 Å². The third-order valence-electron chi connectivity index (χ3n) is 6.86. The van der Waals surface area contributed by atoms with E-state index in [1.807, 2.05) is 35.2 Å². The van der Waals surface area contributed by atoms with Gasteiger partial charge in [-0.2, -0.15) is 0 Å². The van der Waals surface area contributed by atoms with Gasteiger partial charge < -0.3 is 24.1 Å². The molecule has 186 valence electrons. The number of nitrogens with zero attached hydrogens (tertiary/aromatic N) is 1. The van der Waals surface area contributed by atoms with Gasteiger partial charge in [-0.05, 0) is 59.5 Å². The Morgan fingerprint density at radius 3 is 2.76 bits per heavy atom. The van der Waals surface area contributed by atoms with Crippen molar-refractivity contribution in [2.45, 2.75) is 12.5 Å². The number of aromatic nitrogens is 1. The number of carbonyl (C=O) groups excluding carboxylic acids is 2. The summed E-state index contributed by atoms with van der Waals surface area (Å²) in [6.07, 6.45) is 3.92.